The van der Waals surface area contributed by atoms with Crippen LogP contribution in [-0.2, 0) is 6.42 Å². The predicted octanol–water partition coefficient (Wildman–Crippen LogP) is 3.93. The van der Waals surface area contributed by atoms with Gasteiger partial charge in [0.25, 0.3) is 0 Å². The third-order valence-electron chi connectivity index (χ3n) is 2.94. The first-order valence-electron chi connectivity index (χ1n) is 5.35. The minimum absolute atomic E-state index is 0.570. The fourth-order valence-corrected chi connectivity index (χ4v) is 2.29. The van der Waals surface area contributed by atoms with Gasteiger partial charge in [0.1, 0.15) is 10.8 Å². The molecule has 1 N–H and O–H groups in total. The zero-order valence-corrected chi connectivity index (χ0v) is 9.67. The van der Waals surface area contributed by atoms with Crippen molar-refractivity contribution in [1.29, 1.82) is 0 Å². The summed E-state index contributed by atoms with van der Waals surface area (Å²) in [6.07, 6.45) is 2.90. The van der Waals surface area contributed by atoms with Crippen molar-refractivity contribution in [2.75, 3.05) is 0 Å². The Morgan fingerprint density at radius 3 is 2.88 bits per heavy atom. The second-order valence-electron chi connectivity index (χ2n) is 3.88. The van der Waals surface area contributed by atoms with E-state index in [1.807, 2.05) is 12.3 Å². The highest BCUT2D eigenvalue weighted by molar-refractivity contribution is 6.35. The van der Waals surface area contributed by atoms with Crippen molar-refractivity contribution in [1.82, 2.24) is 9.97 Å². The molecule has 0 amide bonds. The Morgan fingerprint density at radius 1 is 1.19 bits per heavy atom. The van der Waals surface area contributed by atoms with Crippen LogP contribution in [0.4, 0.5) is 0 Å². The van der Waals surface area contributed by atoms with Crippen molar-refractivity contribution in [3.8, 4) is 0 Å². The summed E-state index contributed by atoms with van der Waals surface area (Å²) < 4.78 is 0. The standard InChI is InChI=1S/C13H11ClN2/c1-2-8-3-4-9-10-5-6-15-13(10)16-12(14)11(9)7-8/h3-7H,2H2,1H3,(H,15,16). The number of aromatic nitrogens is 2. The molecule has 2 heterocycles. The molecule has 3 heteroatoms. The summed E-state index contributed by atoms with van der Waals surface area (Å²) in [6, 6.07) is 8.42. The van der Waals surface area contributed by atoms with Crippen molar-refractivity contribution in [3.63, 3.8) is 0 Å². The van der Waals surface area contributed by atoms with E-state index in [0.29, 0.717) is 5.15 Å². The van der Waals surface area contributed by atoms with Crippen LogP contribution in [0.3, 0.4) is 0 Å². The third kappa shape index (κ3) is 1.30. The molecule has 0 saturated heterocycles. The smallest absolute Gasteiger partial charge is 0.139 e. The summed E-state index contributed by atoms with van der Waals surface area (Å²) in [5, 5.41) is 3.89. The van der Waals surface area contributed by atoms with Gasteiger partial charge in [-0.15, -0.1) is 0 Å². The number of hydrogen-bond acceptors (Lipinski definition) is 1. The van der Waals surface area contributed by atoms with Gasteiger partial charge in [0.2, 0.25) is 0 Å². The molecule has 0 atom stereocenters. The number of aromatic amines is 1. The molecule has 0 aliphatic heterocycles. The number of nitrogens with zero attached hydrogens (tertiary/aromatic N) is 1. The van der Waals surface area contributed by atoms with E-state index in [1.54, 1.807) is 0 Å². The first-order chi connectivity index (χ1) is 7.79. The Labute approximate surface area is 98.3 Å². The molecule has 80 valence electrons. The van der Waals surface area contributed by atoms with E-state index in [-0.39, 0.29) is 0 Å². The highest BCUT2D eigenvalue weighted by atomic mass is 35.5. The van der Waals surface area contributed by atoms with E-state index < -0.39 is 0 Å². The summed E-state index contributed by atoms with van der Waals surface area (Å²) in [7, 11) is 0. The molecule has 1 aromatic carbocycles. The van der Waals surface area contributed by atoms with Crippen LogP contribution in [0.1, 0.15) is 12.5 Å². The largest absolute Gasteiger partial charge is 0.346 e. The minimum atomic E-state index is 0.570. The Kier molecular flexibility index (Phi) is 2.11. The Balaban J connectivity index is 2.49. The highest BCUT2D eigenvalue weighted by Gasteiger charge is 2.07. The van der Waals surface area contributed by atoms with Gasteiger partial charge in [0, 0.05) is 17.0 Å². The topological polar surface area (TPSA) is 28.7 Å². The monoisotopic (exact) mass is 230 g/mol. The number of H-pyrrole nitrogens is 1. The molecule has 2 aromatic heterocycles. The first-order valence-corrected chi connectivity index (χ1v) is 5.72. The fraction of sp³-hybridized carbons (Fsp3) is 0.154. The number of benzene rings is 1. The van der Waals surface area contributed by atoms with Crippen LogP contribution in [0, 0.1) is 0 Å². The van der Waals surface area contributed by atoms with Crippen LogP contribution in [-0.4, -0.2) is 9.97 Å². The van der Waals surface area contributed by atoms with E-state index in [1.165, 1.54) is 5.56 Å². The third-order valence-corrected chi connectivity index (χ3v) is 3.23. The predicted molar refractivity (Wildman–Crippen MR) is 68.0 cm³/mol. The van der Waals surface area contributed by atoms with Crippen molar-refractivity contribution in [2.24, 2.45) is 0 Å². The Hall–Kier alpha value is -1.54. The van der Waals surface area contributed by atoms with Gasteiger partial charge >= 0.3 is 0 Å². The van der Waals surface area contributed by atoms with E-state index in [0.717, 1.165) is 28.2 Å². The van der Waals surface area contributed by atoms with Crippen LogP contribution in [0.15, 0.2) is 30.5 Å². The average molecular weight is 231 g/mol. The van der Waals surface area contributed by atoms with Crippen molar-refractivity contribution in [3.05, 3.63) is 41.2 Å². The summed E-state index contributed by atoms with van der Waals surface area (Å²) in [4.78, 5) is 7.43. The maximum atomic E-state index is 6.19. The molecule has 0 unspecified atom stereocenters. The average Bonchev–Trinajstić information content (AvgIpc) is 2.77. The van der Waals surface area contributed by atoms with Crippen LogP contribution in [0.2, 0.25) is 5.15 Å². The number of pyridine rings is 1. The molecule has 3 rings (SSSR count). The van der Waals surface area contributed by atoms with Gasteiger partial charge < -0.3 is 4.98 Å². The minimum Gasteiger partial charge on any atom is -0.346 e. The maximum Gasteiger partial charge on any atom is 0.139 e. The van der Waals surface area contributed by atoms with Gasteiger partial charge in [-0.1, -0.05) is 30.7 Å². The van der Waals surface area contributed by atoms with Gasteiger partial charge in [-0.25, -0.2) is 4.98 Å². The fourth-order valence-electron chi connectivity index (χ4n) is 2.05. The van der Waals surface area contributed by atoms with Crippen molar-refractivity contribution in [2.45, 2.75) is 13.3 Å². The quantitative estimate of drug-likeness (QED) is 0.631. The number of fused-ring (bicyclic) bond motifs is 3. The second-order valence-corrected chi connectivity index (χ2v) is 4.23. The molecule has 3 aromatic rings. The summed E-state index contributed by atoms with van der Waals surface area (Å²) in [5.74, 6) is 0. The molecule has 0 fully saturated rings. The number of halogens is 1. The molecule has 2 nitrogen and oxygen atoms in total. The second kappa shape index (κ2) is 3.49. The van der Waals surface area contributed by atoms with Crippen molar-refractivity contribution < 1.29 is 0 Å². The van der Waals surface area contributed by atoms with Crippen molar-refractivity contribution >= 4 is 33.4 Å². The normalized spacial score (nSPS) is 11.4. The molecule has 0 aliphatic rings. The van der Waals surface area contributed by atoms with E-state index in [2.05, 4.69) is 35.1 Å². The Bertz CT molecular complexity index is 670. The Morgan fingerprint density at radius 2 is 2.06 bits per heavy atom. The lowest BCUT2D eigenvalue weighted by Crippen LogP contribution is -1.85. The molecule has 0 saturated carbocycles. The zero-order valence-electron chi connectivity index (χ0n) is 8.92. The zero-order chi connectivity index (χ0) is 11.1. The lowest BCUT2D eigenvalue weighted by atomic mass is 10.1. The lowest BCUT2D eigenvalue weighted by molar-refractivity contribution is 1.15. The van der Waals surface area contributed by atoms with E-state index in [9.17, 15) is 0 Å². The highest BCUT2D eigenvalue weighted by Crippen LogP contribution is 2.29. The molecular weight excluding hydrogens is 220 g/mol. The number of rotatable bonds is 1. The van der Waals surface area contributed by atoms with Crippen LogP contribution >= 0.6 is 11.6 Å². The van der Waals surface area contributed by atoms with E-state index in [4.69, 9.17) is 11.6 Å². The molecule has 0 bridgehead atoms. The van der Waals surface area contributed by atoms with Gasteiger partial charge in [0.15, 0.2) is 0 Å². The van der Waals surface area contributed by atoms with Gasteiger partial charge in [-0.05, 0) is 29.5 Å². The van der Waals surface area contributed by atoms with Gasteiger partial charge in [-0.3, -0.25) is 0 Å². The number of aryl methyl sites for hydroxylation is 1. The van der Waals surface area contributed by atoms with Crippen LogP contribution in [0.25, 0.3) is 21.8 Å². The summed E-state index contributed by atoms with van der Waals surface area (Å²) in [6.45, 7) is 2.14. The first kappa shape index (κ1) is 9.67. The summed E-state index contributed by atoms with van der Waals surface area (Å²) in [5.41, 5.74) is 2.13. The lowest BCUT2D eigenvalue weighted by Gasteiger charge is -2.04. The molecular formula is C13H11ClN2. The van der Waals surface area contributed by atoms with Gasteiger partial charge in [-0.2, -0.15) is 0 Å². The maximum absolute atomic E-state index is 6.19. The van der Waals surface area contributed by atoms with Crippen LogP contribution in [0.5, 0.6) is 0 Å². The molecule has 0 aliphatic carbocycles. The number of nitrogens with one attached hydrogen (secondary N) is 1. The van der Waals surface area contributed by atoms with Gasteiger partial charge in [0.05, 0.1) is 0 Å². The molecule has 0 radical (unpaired) electrons. The molecule has 16 heavy (non-hydrogen) atoms. The summed E-state index contributed by atoms with van der Waals surface area (Å²) >= 11 is 6.19. The molecule has 0 spiro atoms. The van der Waals surface area contributed by atoms with E-state index >= 15 is 0 Å². The SMILES string of the molecule is CCc1ccc2c(c1)c(Cl)nc1[nH]ccc12. The number of hydrogen-bond donors (Lipinski definition) is 1. The van der Waals surface area contributed by atoms with Crippen LogP contribution < -0.4 is 0 Å².